The van der Waals surface area contributed by atoms with Crippen molar-refractivity contribution in [3.8, 4) is 0 Å². The quantitative estimate of drug-likeness (QED) is 0.798. The highest BCUT2D eigenvalue weighted by Crippen LogP contribution is 2.18. The minimum absolute atomic E-state index is 0.324. The molecule has 84 valence electrons. The third-order valence-electron chi connectivity index (χ3n) is 2.04. The van der Waals surface area contributed by atoms with Crippen LogP contribution in [0, 0.1) is 6.92 Å². The van der Waals surface area contributed by atoms with E-state index < -0.39 is 0 Å². The van der Waals surface area contributed by atoms with E-state index in [2.05, 4.69) is 27.1 Å². The number of halogens is 1. The highest BCUT2D eigenvalue weighted by Gasteiger charge is 2.08. The zero-order chi connectivity index (χ0) is 11.4. The van der Waals surface area contributed by atoms with E-state index >= 15 is 0 Å². The number of hydrogen-bond donors (Lipinski definition) is 1. The fourth-order valence-corrected chi connectivity index (χ4v) is 1.53. The molecule has 0 fully saturated rings. The summed E-state index contributed by atoms with van der Waals surface area (Å²) < 4.78 is 0. The Labute approximate surface area is 95.7 Å². The van der Waals surface area contributed by atoms with Crippen LogP contribution >= 0.6 is 11.6 Å². The summed E-state index contributed by atoms with van der Waals surface area (Å²) in [6.07, 6.45) is 1.47. The normalized spacial score (nSPS) is 12.9. The van der Waals surface area contributed by atoms with Gasteiger partial charge in [-0.15, -0.1) is 0 Å². The number of anilines is 1. The zero-order valence-electron chi connectivity index (χ0n) is 9.58. The number of nitrogens with one attached hydrogen (secondary N) is 1. The zero-order valence-corrected chi connectivity index (χ0v) is 10.3. The first-order valence-electron chi connectivity index (χ1n) is 4.89. The summed E-state index contributed by atoms with van der Waals surface area (Å²) in [5, 5.41) is 3.81. The average Bonchev–Trinajstić information content (AvgIpc) is 2.11. The van der Waals surface area contributed by atoms with Crippen LogP contribution in [0.3, 0.4) is 0 Å². The second kappa shape index (κ2) is 5.28. The molecule has 0 aliphatic rings. The molecule has 0 saturated carbocycles. The minimum Gasteiger partial charge on any atom is -0.366 e. The second-order valence-electron chi connectivity index (χ2n) is 3.95. The lowest BCUT2D eigenvalue weighted by molar-refractivity contribution is 0.392. The van der Waals surface area contributed by atoms with Crippen LogP contribution in [0.25, 0.3) is 0 Å². The number of rotatable bonds is 4. The van der Waals surface area contributed by atoms with Crippen molar-refractivity contribution in [2.45, 2.75) is 19.9 Å². The molecule has 1 N–H and O–H groups in total. The van der Waals surface area contributed by atoms with Crippen LogP contribution in [-0.4, -0.2) is 41.5 Å². The predicted octanol–water partition coefficient (Wildman–Crippen LogP) is 1.80. The maximum atomic E-state index is 5.90. The van der Waals surface area contributed by atoms with Crippen LogP contribution in [0.15, 0.2) is 6.33 Å². The van der Waals surface area contributed by atoms with Gasteiger partial charge in [-0.05, 0) is 27.9 Å². The Bertz CT molecular complexity index is 327. The van der Waals surface area contributed by atoms with Crippen molar-refractivity contribution in [1.82, 2.24) is 14.9 Å². The first kappa shape index (κ1) is 12.2. The smallest absolute Gasteiger partial charge is 0.137 e. The molecule has 0 spiro atoms. The molecule has 1 heterocycles. The fourth-order valence-electron chi connectivity index (χ4n) is 1.40. The maximum absolute atomic E-state index is 5.90. The number of nitrogens with zero attached hydrogens (tertiary/aromatic N) is 3. The summed E-state index contributed by atoms with van der Waals surface area (Å²) in [6.45, 7) is 4.96. The molecule has 1 unspecified atom stereocenters. The van der Waals surface area contributed by atoms with Gasteiger partial charge < -0.3 is 10.2 Å². The Morgan fingerprint density at radius 3 is 2.73 bits per heavy atom. The fraction of sp³-hybridized carbons (Fsp3) is 0.600. The van der Waals surface area contributed by atoms with Crippen molar-refractivity contribution in [3.63, 3.8) is 0 Å². The van der Waals surface area contributed by atoms with Crippen molar-refractivity contribution in [2.24, 2.45) is 0 Å². The molecular formula is C10H17ClN4. The third kappa shape index (κ3) is 3.64. The summed E-state index contributed by atoms with van der Waals surface area (Å²) >= 11 is 5.90. The largest absolute Gasteiger partial charge is 0.366 e. The van der Waals surface area contributed by atoms with Gasteiger partial charge in [0.1, 0.15) is 17.3 Å². The van der Waals surface area contributed by atoms with Crippen LogP contribution in [0.1, 0.15) is 12.5 Å². The molecule has 1 rings (SSSR count). The highest BCUT2D eigenvalue weighted by atomic mass is 35.5. The summed E-state index contributed by atoms with van der Waals surface area (Å²) in [4.78, 5) is 10.2. The van der Waals surface area contributed by atoms with Gasteiger partial charge in [-0.25, -0.2) is 9.97 Å². The van der Waals surface area contributed by atoms with E-state index in [-0.39, 0.29) is 0 Å². The molecule has 0 saturated heterocycles. The lowest BCUT2D eigenvalue weighted by Gasteiger charge is -2.19. The lowest BCUT2D eigenvalue weighted by atomic mass is 10.3. The Morgan fingerprint density at radius 2 is 2.13 bits per heavy atom. The monoisotopic (exact) mass is 228 g/mol. The van der Waals surface area contributed by atoms with Crippen molar-refractivity contribution >= 4 is 17.4 Å². The van der Waals surface area contributed by atoms with E-state index in [1.807, 2.05) is 21.0 Å². The molecule has 15 heavy (non-hydrogen) atoms. The maximum Gasteiger partial charge on any atom is 0.137 e. The van der Waals surface area contributed by atoms with Gasteiger partial charge in [0.15, 0.2) is 0 Å². The standard InChI is InChI=1S/C10H17ClN4/c1-7(5-15(3)4)14-10-8(2)9(11)12-6-13-10/h6-7H,5H2,1-4H3,(H,12,13,14). The van der Waals surface area contributed by atoms with Crippen LogP contribution < -0.4 is 5.32 Å². The van der Waals surface area contributed by atoms with Crippen LogP contribution in [-0.2, 0) is 0 Å². The van der Waals surface area contributed by atoms with Crippen LogP contribution in [0.5, 0.6) is 0 Å². The molecule has 1 aromatic heterocycles. The SMILES string of the molecule is Cc1c(Cl)ncnc1NC(C)CN(C)C. The highest BCUT2D eigenvalue weighted by molar-refractivity contribution is 6.30. The molecule has 1 atom stereocenters. The number of likely N-dealkylation sites (N-methyl/N-ethyl adjacent to an activating group) is 1. The van der Waals surface area contributed by atoms with E-state index in [1.54, 1.807) is 0 Å². The summed E-state index contributed by atoms with van der Waals surface area (Å²) in [7, 11) is 4.08. The van der Waals surface area contributed by atoms with Crippen LogP contribution in [0.4, 0.5) is 5.82 Å². The number of hydrogen-bond acceptors (Lipinski definition) is 4. The molecule has 0 bridgehead atoms. The van der Waals surface area contributed by atoms with Gasteiger partial charge >= 0.3 is 0 Å². The van der Waals surface area contributed by atoms with Crippen LogP contribution in [0.2, 0.25) is 5.15 Å². The molecule has 0 aliphatic carbocycles. The van der Waals surface area contributed by atoms with E-state index in [0.717, 1.165) is 17.9 Å². The minimum atomic E-state index is 0.324. The van der Waals surface area contributed by atoms with Gasteiger partial charge in [0, 0.05) is 18.2 Å². The lowest BCUT2D eigenvalue weighted by Crippen LogP contribution is -2.30. The molecule has 0 aromatic carbocycles. The van der Waals surface area contributed by atoms with Crippen molar-refractivity contribution in [2.75, 3.05) is 26.0 Å². The second-order valence-corrected chi connectivity index (χ2v) is 4.30. The van der Waals surface area contributed by atoms with Gasteiger partial charge in [0.05, 0.1) is 0 Å². The van der Waals surface area contributed by atoms with Crippen molar-refractivity contribution in [3.05, 3.63) is 17.0 Å². The summed E-state index contributed by atoms with van der Waals surface area (Å²) in [5.74, 6) is 0.810. The first-order chi connectivity index (χ1) is 7.00. The van der Waals surface area contributed by atoms with Gasteiger partial charge in [0.2, 0.25) is 0 Å². The topological polar surface area (TPSA) is 41.1 Å². The van der Waals surface area contributed by atoms with Gasteiger partial charge in [0.25, 0.3) is 0 Å². The summed E-state index contributed by atoms with van der Waals surface area (Å²) in [5.41, 5.74) is 0.893. The Morgan fingerprint density at radius 1 is 1.47 bits per heavy atom. The van der Waals surface area contributed by atoms with E-state index in [1.165, 1.54) is 6.33 Å². The first-order valence-corrected chi connectivity index (χ1v) is 5.27. The van der Waals surface area contributed by atoms with Crippen molar-refractivity contribution < 1.29 is 0 Å². The Balaban J connectivity index is 2.68. The average molecular weight is 229 g/mol. The number of aromatic nitrogens is 2. The Hall–Kier alpha value is -0.870. The molecule has 5 heteroatoms. The summed E-state index contributed by atoms with van der Waals surface area (Å²) in [6, 6.07) is 0.324. The molecular weight excluding hydrogens is 212 g/mol. The molecule has 0 amide bonds. The van der Waals surface area contributed by atoms with E-state index in [0.29, 0.717) is 11.2 Å². The van der Waals surface area contributed by atoms with E-state index in [4.69, 9.17) is 11.6 Å². The predicted molar refractivity (Wildman–Crippen MR) is 63.4 cm³/mol. The molecule has 0 radical (unpaired) electrons. The third-order valence-corrected chi connectivity index (χ3v) is 2.43. The van der Waals surface area contributed by atoms with Crippen molar-refractivity contribution in [1.29, 1.82) is 0 Å². The molecule has 0 aliphatic heterocycles. The van der Waals surface area contributed by atoms with E-state index in [9.17, 15) is 0 Å². The van der Waals surface area contributed by atoms with Gasteiger partial charge in [-0.3, -0.25) is 0 Å². The van der Waals surface area contributed by atoms with Gasteiger partial charge in [-0.2, -0.15) is 0 Å². The van der Waals surface area contributed by atoms with Gasteiger partial charge in [-0.1, -0.05) is 11.6 Å². The Kier molecular flexibility index (Phi) is 4.29. The molecule has 4 nitrogen and oxygen atoms in total. The molecule has 1 aromatic rings.